The summed E-state index contributed by atoms with van der Waals surface area (Å²) in [5.41, 5.74) is 1.22. The van der Waals surface area contributed by atoms with Crippen molar-refractivity contribution in [2.45, 2.75) is 0 Å². The number of allylic oxidation sites excluding steroid dienone is 3. The highest BCUT2D eigenvalue weighted by Crippen LogP contribution is 2.00. The third-order valence-corrected chi connectivity index (χ3v) is 1.69. The summed E-state index contributed by atoms with van der Waals surface area (Å²) in [6.45, 7) is 0. The first-order valence-electron chi connectivity index (χ1n) is 5.30. The predicted molar refractivity (Wildman–Crippen MR) is 62.8 cm³/mol. The summed E-state index contributed by atoms with van der Waals surface area (Å²) < 4.78 is 36.0. The smallest absolute Gasteiger partial charge is 0.162 e. The Labute approximate surface area is 114 Å². The van der Waals surface area contributed by atoms with Crippen LogP contribution >= 0.6 is 0 Å². The molecule has 0 aliphatic rings. The molecule has 5 nitrogen and oxygen atoms in total. The monoisotopic (exact) mass is 285 g/mol. The normalized spacial score (nSPS) is 11.3. The maximum atomic E-state index is 8.49. The summed E-state index contributed by atoms with van der Waals surface area (Å²) in [6.07, 6.45) is 10.2. The first-order valence-corrected chi connectivity index (χ1v) is 6.54. The Morgan fingerprint density at radius 2 is 1.42 bits per heavy atom. The third-order valence-electron chi connectivity index (χ3n) is 1.69. The van der Waals surface area contributed by atoms with Gasteiger partial charge in [0, 0.05) is 6.08 Å². The summed E-state index contributed by atoms with van der Waals surface area (Å²) in [6, 6.07) is 10.3. The van der Waals surface area contributed by atoms with Crippen LogP contribution in [0.3, 0.4) is 0 Å². The van der Waals surface area contributed by atoms with E-state index in [1.54, 1.807) is 0 Å². The second kappa shape index (κ2) is 9.43. The molecule has 0 spiro atoms. The van der Waals surface area contributed by atoms with Crippen molar-refractivity contribution in [2.75, 3.05) is 14.1 Å². The van der Waals surface area contributed by atoms with E-state index in [0.717, 1.165) is 0 Å². The molecule has 0 N–H and O–H groups in total. The van der Waals surface area contributed by atoms with Crippen LogP contribution < -0.4 is 18.6 Å². The fourth-order valence-electron chi connectivity index (χ4n) is 1.02. The van der Waals surface area contributed by atoms with Crippen LogP contribution in [-0.4, -0.2) is 24.9 Å². The van der Waals surface area contributed by atoms with Crippen LogP contribution in [0.2, 0.25) is 0 Å². The first kappa shape index (κ1) is 17.5. The lowest BCUT2D eigenvalue weighted by Crippen LogP contribution is -2.68. The van der Waals surface area contributed by atoms with E-state index in [1.165, 1.54) is 5.56 Å². The van der Waals surface area contributed by atoms with Crippen LogP contribution in [0.5, 0.6) is 0 Å². The highest BCUT2D eigenvalue weighted by atomic mass is 35.7. The summed E-state index contributed by atoms with van der Waals surface area (Å²) in [5, 5.41) is 0. The number of nitrogens with zero attached hydrogens (tertiary/aromatic N) is 1. The van der Waals surface area contributed by atoms with Gasteiger partial charge in [-0.2, -0.15) is 0 Å². The molecule has 0 heterocycles. The molecule has 0 saturated carbocycles. The molecule has 6 heteroatoms. The largest absolute Gasteiger partial charge is 0.241 e. The van der Waals surface area contributed by atoms with Gasteiger partial charge in [-0.05, 0) is 5.56 Å². The molecular formula is C13H16ClNO4. The number of halogens is 1. The topological polar surface area (TPSA) is 95.2 Å². The molecule has 1 aromatic rings. The second-order valence-electron chi connectivity index (χ2n) is 3.65. The maximum Gasteiger partial charge on any atom is 0.162 e. The summed E-state index contributed by atoms with van der Waals surface area (Å²) in [4.78, 5) is 0. The predicted octanol–water partition coefficient (Wildman–Crippen LogP) is -2.16. The molecule has 0 aliphatic heterocycles. The van der Waals surface area contributed by atoms with E-state index in [-0.39, 0.29) is 0 Å². The van der Waals surface area contributed by atoms with Crippen molar-refractivity contribution in [1.82, 2.24) is 0 Å². The van der Waals surface area contributed by atoms with E-state index in [1.807, 2.05) is 61.3 Å². The van der Waals surface area contributed by atoms with Gasteiger partial charge in [-0.15, -0.1) is 10.2 Å². The Balaban J connectivity index is 0.000000555. The fourth-order valence-corrected chi connectivity index (χ4v) is 1.02. The number of rotatable bonds is 3. The Hall–Kier alpha value is -1.50. The summed E-state index contributed by atoms with van der Waals surface area (Å²) in [7, 11) is -0.934. The van der Waals surface area contributed by atoms with Gasteiger partial charge in [0.05, 0.1) is 0 Å². The van der Waals surface area contributed by atoms with Crippen molar-refractivity contribution in [3.63, 3.8) is 0 Å². The Kier molecular flexibility index (Phi) is 8.69. The minimum absolute atomic E-state index is 1.22. The average molecular weight is 286 g/mol. The van der Waals surface area contributed by atoms with Crippen LogP contribution in [0.25, 0.3) is 6.08 Å². The Morgan fingerprint density at radius 3 is 1.89 bits per heavy atom. The SMILES string of the molecule is C[N+](C)=C/C=C/C=C/c1ccccc1.[O-][Cl+3]([O-])([O-])[O-]. The quantitative estimate of drug-likeness (QED) is 0.359. The average Bonchev–Trinajstić information content (AvgIpc) is 2.27. The van der Waals surface area contributed by atoms with Crippen molar-refractivity contribution in [3.05, 3.63) is 54.1 Å². The van der Waals surface area contributed by atoms with Crippen molar-refractivity contribution >= 4 is 12.3 Å². The van der Waals surface area contributed by atoms with E-state index >= 15 is 0 Å². The number of hydrogen-bond donors (Lipinski definition) is 0. The fraction of sp³-hybridized carbons (Fsp3) is 0.154. The zero-order valence-electron chi connectivity index (χ0n) is 10.7. The van der Waals surface area contributed by atoms with Crippen LogP contribution in [0.4, 0.5) is 0 Å². The van der Waals surface area contributed by atoms with Crippen LogP contribution in [-0.2, 0) is 0 Å². The van der Waals surface area contributed by atoms with E-state index in [0.29, 0.717) is 0 Å². The molecule has 104 valence electrons. The lowest BCUT2D eigenvalue weighted by Gasteiger charge is -2.17. The van der Waals surface area contributed by atoms with Gasteiger partial charge in [0.2, 0.25) is 0 Å². The Bertz CT molecular complexity index is 426. The van der Waals surface area contributed by atoms with E-state index < -0.39 is 10.2 Å². The van der Waals surface area contributed by atoms with Crippen molar-refractivity contribution in [2.24, 2.45) is 0 Å². The van der Waals surface area contributed by atoms with Crippen molar-refractivity contribution < 1.29 is 33.5 Å². The highest BCUT2D eigenvalue weighted by molar-refractivity contribution is 5.67. The van der Waals surface area contributed by atoms with Gasteiger partial charge in [-0.25, -0.2) is 23.2 Å². The molecule has 0 unspecified atom stereocenters. The molecule has 1 aromatic carbocycles. The molecule has 0 bridgehead atoms. The van der Waals surface area contributed by atoms with Crippen LogP contribution in [0.1, 0.15) is 5.56 Å². The zero-order valence-corrected chi connectivity index (χ0v) is 11.5. The molecule has 0 fully saturated rings. The van der Waals surface area contributed by atoms with Gasteiger partial charge in [0.25, 0.3) is 0 Å². The van der Waals surface area contributed by atoms with Gasteiger partial charge in [-0.1, -0.05) is 48.6 Å². The molecule has 0 atom stereocenters. The second-order valence-corrected chi connectivity index (χ2v) is 4.40. The highest BCUT2D eigenvalue weighted by Gasteiger charge is 1.84. The summed E-state index contributed by atoms with van der Waals surface area (Å²) >= 11 is 0. The van der Waals surface area contributed by atoms with Gasteiger partial charge < -0.3 is 0 Å². The third kappa shape index (κ3) is 16.5. The first-order chi connectivity index (χ1) is 8.79. The van der Waals surface area contributed by atoms with E-state index in [2.05, 4.69) is 18.2 Å². The van der Waals surface area contributed by atoms with Crippen molar-refractivity contribution in [1.29, 1.82) is 0 Å². The number of hydrogen-bond acceptors (Lipinski definition) is 4. The van der Waals surface area contributed by atoms with E-state index in [9.17, 15) is 0 Å². The van der Waals surface area contributed by atoms with Crippen LogP contribution in [0.15, 0.2) is 48.6 Å². The number of benzene rings is 1. The molecule has 0 aromatic heterocycles. The van der Waals surface area contributed by atoms with E-state index in [4.69, 9.17) is 18.6 Å². The molecular weight excluding hydrogens is 270 g/mol. The standard InChI is InChI=1S/C13H16N.ClHO4/c1-14(2)12-8-4-7-11-13-9-5-3-6-10-13;2-1(3,4)5/h3-12H,1-2H3;(H,2,3,4,5)/q+1;/p-1/b8-4+,11-7+;. The van der Waals surface area contributed by atoms with Crippen LogP contribution in [0, 0.1) is 10.2 Å². The molecule has 0 aliphatic carbocycles. The minimum Gasteiger partial charge on any atom is -0.241 e. The zero-order chi connectivity index (χ0) is 14.7. The maximum absolute atomic E-state index is 8.49. The van der Waals surface area contributed by atoms with Gasteiger partial charge in [-0.3, -0.25) is 0 Å². The van der Waals surface area contributed by atoms with Gasteiger partial charge >= 0.3 is 0 Å². The summed E-state index contributed by atoms with van der Waals surface area (Å²) in [5.74, 6) is 0. The molecule has 1 rings (SSSR count). The van der Waals surface area contributed by atoms with Gasteiger partial charge in [0.15, 0.2) is 6.21 Å². The molecule has 0 amide bonds. The lowest BCUT2D eigenvalue weighted by atomic mass is 10.2. The van der Waals surface area contributed by atoms with Crippen molar-refractivity contribution in [3.8, 4) is 0 Å². The lowest BCUT2D eigenvalue weighted by molar-refractivity contribution is -2.00. The van der Waals surface area contributed by atoms with Gasteiger partial charge in [0.1, 0.15) is 14.1 Å². The minimum atomic E-state index is -4.94. The molecule has 0 radical (unpaired) electrons. The molecule has 0 saturated heterocycles. The Morgan fingerprint density at radius 1 is 0.895 bits per heavy atom. The molecule has 19 heavy (non-hydrogen) atoms.